The standard InChI is InChI=1S/C21H14N4O3S/c1-2-24-14-11-7-6-10-13(14)15(19(24)27)17-20(28)25-21(29-17)22-18(26)16(23-25)12-8-4-3-5-9-12/h3-11H,2H2,1H3/b17-15-. The fraction of sp³-hybridized carbons (Fsp3) is 0.0952. The smallest absolute Gasteiger partial charge is 0.300 e. The summed E-state index contributed by atoms with van der Waals surface area (Å²) in [6, 6.07) is 16.2. The third-order valence-corrected chi connectivity index (χ3v) is 5.90. The van der Waals surface area contributed by atoms with Crippen molar-refractivity contribution < 1.29 is 4.79 Å². The Balaban J connectivity index is 1.84. The van der Waals surface area contributed by atoms with E-state index in [4.69, 9.17) is 0 Å². The molecule has 1 aliphatic heterocycles. The first-order valence-electron chi connectivity index (χ1n) is 9.05. The van der Waals surface area contributed by atoms with Crippen LogP contribution in [0.5, 0.6) is 0 Å². The summed E-state index contributed by atoms with van der Waals surface area (Å²) < 4.78 is 1.35. The van der Waals surface area contributed by atoms with E-state index in [9.17, 15) is 14.4 Å². The molecule has 0 radical (unpaired) electrons. The number of fused-ring (bicyclic) bond motifs is 2. The molecule has 3 heterocycles. The molecule has 7 nitrogen and oxygen atoms in total. The summed E-state index contributed by atoms with van der Waals surface area (Å²) in [7, 11) is 0. The number of rotatable bonds is 2. The van der Waals surface area contributed by atoms with Crippen LogP contribution in [-0.2, 0) is 4.79 Å². The van der Waals surface area contributed by atoms with Gasteiger partial charge in [-0.1, -0.05) is 59.9 Å². The minimum absolute atomic E-state index is 0.0999. The van der Waals surface area contributed by atoms with Gasteiger partial charge in [0.1, 0.15) is 4.53 Å². The van der Waals surface area contributed by atoms with E-state index in [1.165, 1.54) is 0 Å². The number of carbonyl (C=O) groups excluding carboxylic acids is 1. The average Bonchev–Trinajstić information content (AvgIpc) is 3.20. The molecule has 29 heavy (non-hydrogen) atoms. The van der Waals surface area contributed by atoms with E-state index in [0.29, 0.717) is 23.2 Å². The second kappa shape index (κ2) is 6.46. The fourth-order valence-corrected chi connectivity index (χ4v) is 4.55. The van der Waals surface area contributed by atoms with Crippen molar-refractivity contribution in [3.8, 4) is 11.3 Å². The predicted octanol–water partition coefficient (Wildman–Crippen LogP) is 1.46. The Bertz CT molecular complexity index is 1460. The third kappa shape index (κ3) is 2.53. The summed E-state index contributed by atoms with van der Waals surface area (Å²) in [5.41, 5.74) is 1.52. The van der Waals surface area contributed by atoms with Gasteiger partial charge >= 0.3 is 5.56 Å². The minimum atomic E-state index is -0.512. The van der Waals surface area contributed by atoms with Gasteiger partial charge in [-0.05, 0) is 13.0 Å². The first-order chi connectivity index (χ1) is 14.1. The molecule has 0 saturated heterocycles. The number of para-hydroxylation sites is 1. The highest BCUT2D eigenvalue weighted by molar-refractivity contribution is 7.15. The van der Waals surface area contributed by atoms with Gasteiger partial charge in [-0.3, -0.25) is 14.4 Å². The van der Waals surface area contributed by atoms with Crippen LogP contribution in [0, 0.1) is 0 Å². The number of amides is 1. The lowest BCUT2D eigenvalue weighted by Crippen LogP contribution is -2.33. The summed E-state index contributed by atoms with van der Waals surface area (Å²) in [6.45, 7) is 2.37. The van der Waals surface area contributed by atoms with Gasteiger partial charge in [0.05, 0.1) is 11.3 Å². The number of benzene rings is 2. The summed E-state index contributed by atoms with van der Waals surface area (Å²) in [5.74, 6) is -0.233. The van der Waals surface area contributed by atoms with Crippen LogP contribution in [0.25, 0.3) is 21.8 Å². The summed E-state index contributed by atoms with van der Waals surface area (Å²) in [5, 5.41) is 4.26. The summed E-state index contributed by atoms with van der Waals surface area (Å²) in [6.07, 6.45) is 0. The largest absolute Gasteiger partial charge is 0.308 e. The van der Waals surface area contributed by atoms with E-state index in [1.807, 2.05) is 37.3 Å². The number of likely N-dealkylation sites (N-methyl/N-ethyl adjacent to an activating group) is 1. The molecule has 0 spiro atoms. The van der Waals surface area contributed by atoms with Gasteiger partial charge in [0, 0.05) is 17.7 Å². The number of nitrogens with zero attached hydrogens (tertiary/aromatic N) is 4. The molecule has 0 atom stereocenters. The molecule has 5 rings (SSSR count). The van der Waals surface area contributed by atoms with Crippen LogP contribution >= 0.6 is 11.3 Å². The Hall–Kier alpha value is -3.65. The van der Waals surface area contributed by atoms with Crippen LogP contribution in [0.4, 0.5) is 5.69 Å². The van der Waals surface area contributed by atoms with Gasteiger partial charge in [0.2, 0.25) is 4.96 Å². The van der Waals surface area contributed by atoms with Crippen molar-refractivity contribution in [1.29, 1.82) is 0 Å². The lowest BCUT2D eigenvalue weighted by atomic mass is 10.1. The summed E-state index contributed by atoms with van der Waals surface area (Å²) in [4.78, 5) is 44.5. The van der Waals surface area contributed by atoms with Crippen LogP contribution < -0.4 is 20.6 Å². The van der Waals surface area contributed by atoms with E-state index < -0.39 is 11.1 Å². The molecule has 2 aromatic carbocycles. The second-order valence-electron chi connectivity index (χ2n) is 6.50. The Labute approximate surface area is 168 Å². The first kappa shape index (κ1) is 17.4. The minimum Gasteiger partial charge on any atom is -0.308 e. The highest BCUT2D eigenvalue weighted by Crippen LogP contribution is 2.34. The van der Waals surface area contributed by atoms with Crippen molar-refractivity contribution in [1.82, 2.24) is 14.6 Å². The number of thiazole rings is 1. The molecule has 4 aromatic rings. The van der Waals surface area contributed by atoms with Crippen LogP contribution in [0.15, 0.2) is 64.2 Å². The molecule has 0 bridgehead atoms. The fourth-order valence-electron chi connectivity index (χ4n) is 3.55. The maximum absolute atomic E-state index is 13.1. The maximum atomic E-state index is 13.1. The molecule has 0 saturated carbocycles. The van der Waals surface area contributed by atoms with E-state index in [1.54, 1.807) is 29.2 Å². The topological polar surface area (TPSA) is 84.6 Å². The van der Waals surface area contributed by atoms with Crippen molar-refractivity contribution >= 4 is 33.5 Å². The van der Waals surface area contributed by atoms with Crippen molar-refractivity contribution in [2.45, 2.75) is 6.92 Å². The van der Waals surface area contributed by atoms with Crippen molar-refractivity contribution in [2.75, 3.05) is 11.4 Å². The number of hydrogen-bond donors (Lipinski definition) is 0. The van der Waals surface area contributed by atoms with Crippen LogP contribution in [0.2, 0.25) is 0 Å². The Kier molecular flexibility index (Phi) is 3.88. The highest BCUT2D eigenvalue weighted by atomic mass is 32.1. The molecule has 2 aromatic heterocycles. The monoisotopic (exact) mass is 402 g/mol. The van der Waals surface area contributed by atoms with E-state index >= 15 is 0 Å². The molecule has 0 fully saturated rings. The first-order valence-corrected chi connectivity index (χ1v) is 9.86. The normalized spacial score (nSPS) is 15.2. The second-order valence-corrected chi connectivity index (χ2v) is 7.48. The molecule has 142 valence electrons. The van der Waals surface area contributed by atoms with Gasteiger partial charge in [-0.15, -0.1) is 0 Å². The lowest BCUT2D eigenvalue weighted by Gasteiger charge is -2.13. The van der Waals surface area contributed by atoms with Gasteiger partial charge in [0.15, 0.2) is 5.69 Å². The zero-order chi connectivity index (χ0) is 20.1. The van der Waals surface area contributed by atoms with Gasteiger partial charge < -0.3 is 4.90 Å². The number of anilines is 1. The van der Waals surface area contributed by atoms with Gasteiger partial charge in [-0.2, -0.15) is 14.6 Å². The molecule has 0 aliphatic carbocycles. The highest BCUT2D eigenvalue weighted by Gasteiger charge is 2.33. The molecule has 0 unspecified atom stereocenters. The van der Waals surface area contributed by atoms with Crippen molar-refractivity contribution in [3.05, 3.63) is 85.4 Å². The Morgan fingerprint density at radius 1 is 0.966 bits per heavy atom. The van der Waals surface area contributed by atoms with Crippen LogP contribution in [0.3, 0.4) is 0 Å². The quantitative estimate of drug-likeness (QED) is 0.507. The van der Waals surface area contributed by atoms with E-state index in [2.05, 4.69) is 10.1 Å². The third-order valence-electron chi connectivity index (χ3n) is 4.87. The average molecular weight is 402 g/mol. The Morgan fingerprint density at radius 3 is 2.45 bits per heavy atom. The summed E-state index contributed by atoms with van der Waals surface area (Å²) >= 11 is 1.01. The van der Waals surface area contributed by atoms with Crippen LogP contribution in [-0.4, -0.2) is 27.0 Å². The SMILES string of the molecule is CCN1C(=O)/C(=c2\sc3nc(=O)c(-c4ccccc4)nn3c2=O)c2ccccc21. The predicted molar refractivity (Wildman–Crippen MR) is 111 cm³/mol. The van der Waals surface area contributed by atoms with Gasteiger partial charge in [0.25, 0.3) is 11.5 Å². The molecule has 8 heteroatoms. The molecule has 1 aliphatic rings. The number of aromatic nitrogens is 3. The molecular weight excluding hydrogens is 388 g/mol. The maximum Gasteiger partial charge on any atom is 0.300 e. The van der Waals surface area contributed by atoms with Gasteiger partial charge in [-0.25, -0.2) is 0 Å². The van der Waals surface area contributed by atoms with Crippen molar-refractivity contribution in [2.24, 2.45) is 0 Å². The molecular formula is C21H14N4O3S. The van der Waals surface area contributed by atoms with Crippen molar-refractivity contribution in [3.63, 3.8) is 0 Å². The zero-order valence-corrected chi connectivity index (χ0v) is 16.1. The Morgan fingerprint density at radius 2 is 1.69 bits per heavy atom. The van der Waals surface area contributed by atoms with Crippen LogP contribution in [0.1, 0.15) is 12.5 Å². The molecule has 1 amide bonds. The number of carbonyl (C=O) groups is 1. The van der Waals surface area contributed by atoms with E-state index in [0.717, 1.165) is 21.5 Å². The lowest BCUT2D eigenvalue weighted by molar-refractivity contribution is -0.113. The number of hydrogen-bond acceptors (Lipinski definition) is 6. The zero-order valence-electron chi connectivity index (χ0n) is 15.3. The van der Waals surface area contributed by atoms with E-state index in [-0.39, 0.29) is 21.1 Å². The molecule has 0 N–H and O–H groups in total.